The van der Waals surface area contributed by atoms with Crippen LogP contribution < -0.4 is 5.32 Å². The number of carbonyl (C=O) groups is 2. The lowest BCUT2D eigenvalue weighted by molar-refractivity contribution is -0.137. The maximum absolute atomic E-state index is 12.9. The Labute approximate surface area is 155 Å². The number of anilines is 1. The summed E-state index contributed by atoms with van der Waals surface area (Å²) in [6, 6.07) is 5.45. The number of benzene rings is 1. The van der Waals surface area contributed by atoms with E-state index in [0.717, 1.165) is 0 Å². The maximum Gasteiger partial charge on any atom is 0.244 e. The summed E-state index contributed by atoms with van der Waals surface area (Å²) in [5.74, 6) is -0.843. The number of amides is 2. The fourth-order valence-corrected chi connectivity index (χ4v) is 2.85. The van der Waals surface area contributed by atoms with Crippen LogP contribution in [0.15, 0.2) is 29.4 Å². The monoisotopic (exact) mass is 380 g/mol. The summed E-state index contributed by atoms with van der Waals surface area (Å²) < 4.78 is 14.4. The highest BCUT2D eigenvalue weighted by Crippen LogP contribution is 2.19. The van der Waals surface area contributed by atoms with Gasteiger partial charge in [0, 0.05) is 18.3 Å². The zero-order chi connectivity index (χ0) is 19.3. The zero-order valence-corrected chi connectivity index (χ0v) is 15.9. The first-order valence-corrected chi connectivity index (χ1v) is 8.86. The van der Waals surface area contributed by atoms with Crippen molar-refractivity contribution in [3.63, 3.8) is 0 Å². The fourth-order valence-electron chi connectivity index (χ4n) is 2.12. The quantitative estimate of drug-likeness (QED) is 0.767. The molecule has 8 nitrogen and oxygen atoms in total. The smallest absolute Gasteiger partial charge is 0.244 e. The van der Waals surface area contributed by atoms with Crippen molar-refractivity contribution in [2.75, 3.05) is 17.6 Å². The third kappa shape index (κ3) is 5.51. The minimum atomic E-state index is -0.546. The number of thioether (sulfide) groups is 1. The molecule has 2 rings (SSSR count). The molecule has 0 aliphatic rings. The number of aromatic nitrogens is 4. The van der Waals surface area contributed by atoms with E-state index in [4.69, 9.17) is 0 Å². The van der Waals surface area contributed by atoms with Crippen LogP contribution in [0.2, 0.25) is 0 Å². The summed E-state index contributed by atoms with van der Waals surface area (Å²) in [5.41, 5.74) is -0.0760. The molecule has 140 valence electrons. The Balaban J connectivity index is 1.99. The lowest BCUT2D eigenvalue weighted by atomic mass is 10.1. The molecule has 2 aromatic rings. The van der Waals surface area contributed by atoms with Crippen LogP contribution >= 0.6 is 11.8 Å². The molecule has 0 fully saturated rings. The lowest BCUT2D eigenvalue weighted by Crippen LogP contribution is -2.50. The normalized spacial score (nSPS) is 11.3. The molecule has 1 heterocycles. The fraction of sp³-hybridized carbons (Fsp3) is 0.438. The molecule has 1 N–H and O–H groups in total. The molecule has 0 saturated heterocycles. The number of nitrogens with zero attached hydrogens (tertiary/aromatic N) is 5. The number of hydrogen-bond acceptors (Lipinski definition) is 6. The van der Waals surface area contributed by atoms with Crippen molar-refractivity contribution in [1.29, 1.82) is 0 Å². The first-order chi connectivity index (χ1) is 12.2. The first-order valence-electron chi connectivity index (χ1n) is 7.88. The van der Waals surface area contributed by atoms with Crippen LogP contribution in [-0.2, 0) is 16.6 Å². The molecule has 2 amide bonds. The van der Waals surface area contributed by atoms with E-state index in [1.165, 1.54) is 45.6 Å². The SMILES string of the molecule is Cn1nnnc1SCC(=O)N(CC(=O)Nc1ccc(F)cc1)C(C)(C)C. The zero-order valence-electron chi connectivity index (χ0n) is 15.1. The van der Waals surface area contributed by atoms with E-state index in [1.807, 2.05) is 20.8 Å². The molecule has 1 aromatic heterocycles. The second-order valence-electron chi connectivity index (χ2n) is 6.58. The number of nitrogens with one attached hydrogen (secondary N) is 1. The highest BCUT2D eigenvalue weighted by atomic mass is 32.2. The number of rotatable bonds is 6. The van der Waals surface area contributed by atoms with E-state index in [2.05, 4.69) is 20.8 Å². The van der Waals surface area contributed by atoms with Crippen LogP contribution in [0.5, 0.6) is 0 Å². The Morgan fingerprint density at radius 2 is 1.92 bits per heavy atom. The highest BCUT2D eigenvalue weighted by molar-refractivity contribution is 7.99. The van der Waals surface area contributed by atoms with Crippen molar-refractivity contribution < 1.29 is 14.0 Å². The van der Waals surface area contributed by atoms with E-state index >= 15 is 0 Å². The lowest BCUT2D eigenvalue weighted by Gasteiger charge is -2.35. The predicted octanol–water partition coefficient (Wildman–Crippen LogP) is 1.71. The van der Waals surface area contributed by atoms with Gasteiger partial charge in [-0.05, 0) is 55.5 Å². The summed E-state index contributed by atoms with van der Waals surface area (Å²) in [6.07, 6.45) is 0. The van der Waals surface area contributed by atoms with Crippen LogP contribution in [0.1, 0.15) is 20.8 Å². The number of tetrazole rings is 1. The van der Waals surface area contributed by atoms with Crippen molar-refractivity contribution in [1.82, 2.24) is 25.1 Å². The summed E-state index contributed by atoms with van der Waals surface area (Å²) >= 11 is 1.20. The molecule has 1 aromatic carbocycles. The molecule has 0 unspecified atom stereocenters. The minimum absolute atomic E-state index is 0.106. The van der Waals surface area contributed by atoms with E-state index in [1.54, 1.807) is 7.05 Å². The Bertz CT molecular complexity index is 772. The molecule has 0 radical (unpaired) electrons. The van der Waals surface area contributed by atoms with E-state index in [0.29, 0.717) is 10.8 Å². The average Bonchev–Trinajstić information content (AvgIpc) is 2.96. The van der Waals surface area contributed by atoms with Gasteiger partial charge in [0.05, 0.1) is 5.75 Å². The van der Waals surface area contributed by atoms with Crippen LogP contribution in [0.25, 0.3) is 0 Å². The molecule has 0 saturated carbocycles. The summed E-state index contributed by atoms with van der Waals surface area (Å²) in [4.78, 5) is 26.4. The third-order valence-corrected chi connectivity index (χ3v) is 4.44. The number of halogens is 1. The maximum atomic E-state index is 12.9. The molecule has 0 atom stereocenters. The first kappa shape index (κ1) is 19.8. The topological polar surface area (TPSA) is 93.0 Å². The third-order valence-electron chi connectivity index (χ3n) is 3.45. The highest BCUT2D eigenvalue weighted by Gasteiger charge is 2.28. The van der Waals surface area contributed by atoms with Crippen molar-refractivity contribution in [3.8, 4) is 0 Å². The summed E-state index contributed by atoms with van der Waals surface area (Å²) in [7, 11) is 1.68. The second-order valence-corrected chi connectivity index (χ2v) is 7.52. The molecular weight excluding hydrogens is 359 g/mol. The average molecular weight is 380 g/mol. The van der Waals surface area contributed by atoms with Gasteiger partial charge in [-0.1, -0.05) is 11.8 Å². The van der Waals surface area contributed by atoms with Crippen LogP contribution in [0.4, 0.5) is 10.1 Å². The summed E-state index contributed by atoms with van der Waals surface area (Å²) in [6.45, 7) is 5.44. The molecule has 0 bridgehead atoms. The van der Waals surface area contributed by atoms with Crippen molar-refractivity contribution in [2.24, 2.45) is 7.05 Å². The predicted molar refractivity (Wildman–Crippen MR) is 96.0 cm³/mol. The van der Waals surface area contributed by atoms with Gasteiger partial charge in [-0.25, -0.2) is 9.07 Å². The molecule has 0 aliphatic carbocycles. The van der Waals surface area contributed by atoms with E-state index < -0.39 is 5.54 Å². The Morgan fingerprint density at radius 1 is 1.27 bits per heavy atom. The summed E-state index contributed by atoms with van der Waals surface area (Å²) in [5, 5.41) is 14.2. The second kappa shape index (κ2) is 8.26. The van der Waals surface area contributed by atoms with Crippen molar-refractivity contribution in [3.05, 3.63) is 30.1 Å². The van der Waals surface area contributed by atoms with E-state index in [-0.39, 0.29) is 29.9 Å². The standard InChI is InChI=1S/C16H21FN6O2S/c1-16(2,3)23(14(25)10-26-15-19-20-21-22(15)4)9-13(24)18-12-7-5-11(17)6-8-12/h5-8H,9-10H2,1-4H3,(H,18,24). The molecule has 26 heavy (non-hydrogen) atoms. The van der Waals surface area contributed by atoms with Gasteiger partial charge < -0.3 is 10.2 Å². The molecule has 0 aliphatic heterocycles. The van der Waals surface area contributed by atoms with Gasteiger partial charge in [-0.2, -0.15) is 0 Å². The number of aryl methyl sites for hydroxylation is 1. The van der Waals surface area contributed by atoms with Crippen LogP contribution in [0.3, 0.4) is 0 Å². The van der Waals surface area contributed by atoms with Gasteiger partial charge in [0.25, 0.3) is 0 Å². The minimum Gasteiger partial charge on any atom is -0.328 e. The van der Waals surface area contributed by atoms with Crippen LogP contribution in [0, 0.1) is 5.82 Å². The molecular formula is C16H21FN6O2S. The number of carbonyl (C=O) groups excluding carboxylic acids is 2. The van der Waals surface area contributed by atoms with Gasteiger partial charge in [0.15, 0.2) is 0 Å². The Kier molecular flexibility index (Phi) is 6.30. The van der Waals surface area contributed by atoms with Crippen molar-refractivity contribution >= 4 is 29.3 Å². The van der Waals surface area contributed by atoms with Crippen LogP contribution in [-0.4, -0.2) is 54.8 Å². The van der Waals surface area contributed by atoms with Gasteiger partial charge in [0.2, 0.25) is 17.0 Å². The van der Waals surface area contributed by atoms with Crippen molar-refractivity contribution in [2.45, 2.75) is 31.5 Å². The number of hydrogen-bond donors (Lipinski definition) is 1. The Hall–Kier alpha value is -2.49. The van der Waals surface area contributed by atoms with E-state index in [9.17, 15) is 14.0 Å². The molecule has 10 heteroatoms. The van der Waals surface area contributed by atoms with Gasteiger partial charge >= 0.3 is 0 Å². The largest absolute Gasteiger partial charge is 0.328 e. The molecule has 0 spiro atoms. The van der Waals surface area contributed by atoms with Gasteiger partial charge in [0.1, 0.15) is 12.4 Å². The Morgan fingerprint density at radius 3 is 2.46 bits per heavy atom. The van der Waals surface area contributed by atoms with Gasteiger partial charge in [-0.3, -0.25) is 9.59 Å². The van der Waals surface area contributed by atoms with Gasteiger partial charge in [-0.15, -0.1) is 5.10 Å².